The van der Waals surface area contributed by atoms with Crippen molar-refractivity contribution in [3.63, 3.8) is 0 Å². The maximum Gasteiger partial charge on any atom is 0.261 e. The van der Waals surface area contributed by atoms with Gasteiger partial charge >= 0.3 is 0 Å². The van der Waals surface area contributed by atoms with Gasteiger partial charge in [-0.15, -0.1) is 0 Å². The Morgan fingerprint density at radius 3 is 1.21 bits per heavy atom. The van der Waals surface area contributed by atoms with Crippen molar-refractivity contribution in [1.29, 1.82) is 0 Å². The van der Waals surface area contributed by atoms with Crippen molar-refractivity contribution in [3.8, 4) is 34.5 Å². The Labute approximate surface area is 851 Å². The van der Waals surface area contributed by atoms with Gasteiger partial charge in [0.25, 0.3) is 23.6 Å². The third-order valence-electron chi connectivity index (χ3n) is 28.2. The Kier molecular flexibility index (Phi) is 32.3. The van der Waals surface area contributed by atoms with Crippen LogP contribution in [0.5, 0.6) is 34.5 Å². The van der Waals surface area contributed by atoms with Crippen molar-refractivity contribution < 1.29 is 101 Å². The normalized spacial score (nSPS) is 16.5. The lowest BCUT2D eigenvalue weighted by Gasteiger charge is -2.26. The van der Waals surface area contributed by atoms with Gasteiger partial charge in [-0.1, -0.05) is 72.8 Å². The molecule has 1 unspecified atom stereocenters. The van der Waals surface area contributed by atoms with E-state index in [0.717, 1.165) is 92.9 Å². The molecule has 0 aromatic heterocycles. The predicted octanol–water partition coefficient (Wildman–Crippen LogP) is 14.5. The number of aryl methyl sites for hydroxylation is 4. The molecule has 10 aromatic carbocycles. The van der Waals surface area contributed by atoms with Gasteiger partial charge in [-0.25, -0.2) is 0 Å². The molecule has 760 valence electrons. The summed E-state index contributed by atoms with van der Waals surface area (Å²) in [6.07, 6.45) is 8.02. The second-order valence-corrected chi connectivity index (χ2v) is 38.4. The van der Waals surface area contributed by atoms with Gasteiger partial charge in [0.05, 0.1) is 56.7 Å². The van der Waals surface area contributed by atoms with Crippen molar-refractivity contribution in [2.45, 2.75) is 218 Å². The number of ketones is 4. The first-order chi connectivity index (χ1) is 71.1. The number of aliphatic hydroxyl groups is 1. The largest absolute Gasteiger partial charge is 0.493 e. The van der Waals surface area contributed by atoms with Crippen molar-refractivity contribution in [3.05, 3.63) is 277 Å². The standard InChI is InChI=1S/C58H60N6O10.C57H59N5O11/c1-35-22-47-48(60-31-43-27-40-11-5-8-14-50(40)64(43)58(47)71)30-51(35)73-33-36-23-37(25-41(24-36)62-56(69)21-19-45(66)32-61-55(68)20-18-44(65)12-6-9-15-54(67)59-2)34-74-53-28-38-16-17-42-26-39-10-4-7-13-49(39)63(42)57(70)46(38)29-52(53)72-3;1-33-20-44-39(26-49(65)48-25-38-9-5-7-11-47(38)62(48)57(44)70)28-50(33)72-31-34-21-35(23-40(22-34)60-55(68)19-16-43(64)30-59-54(67)18-15-42(63)14-17-53(66)58-2)32-73-52-27-36-12-13-41-24-37-8-4-6-10-46(37)61(41)56(69)45(36)29-51(52)71-3/h4-5,7-8,10-11,13-14,22-25,28-31,42-43H,6,9,12,15-21,26-27,32-34H2,1-3H3,(H,59,67)(H,61,68)(H,62,69);4-11,20-23,27-29,41,48-49,65H,12-19,24-26,30-32H2,1-3H3,(H,58,66)(H,59,67)(H,60,68)/t42-,43+;41-,48+,49?/m11/s1. The molecule has 10 amide bonds. The number of ether oxygens (including phenoxy) is 6. The van der Waals surface area contributed by atoms with Crippen LogP contribution in [0.2, 0.25) is 0 Å². The molecular formula is C115H119N11O21. The number of methoxy groups -OCH3 is 2. The van der Waals surface area contributed by atoms with E-state index < -0.39 is 29.7 Å². The van der Waals surface area contributed by atoms with Crippen LogP contribution in [0.25, 0.3) is 0 Å². The molecule has 0 aliphatic carbocycles. The zero-order valence-electron chi connectivity index (χ0n) is 83.1. The molecular weight excluding hydrogens is 1870 g/mol. The first-order valence-electron chi connectivity index (χ1n) is 50.1. The Hall–Kier alpha value is -16.0. The first kappa shape index (κ1) is 102. The predicted molar refractivity (Wildman–Crippen MR) is 552 cm³/mol. The molecule has 0 saturated carbocycles. The van der Waals surface area contributed by atoms with Gasteiger partial charge in [0, 0.05) is 179 Å². The van der Waals surface area contributed by atoms with Crippen LogP contribution < -0.4 is 79.9 Å². The lowest BCUT2D eigenvalue weighted by atomic mass is 9.96. The SMILES string of the molecule is CNC(=O)CCC(=O)CCC(=O)NCC(=O)CCC(=O)Nc1cc(COc2cc3c(cc2C)C(=O)N2c4ccccc4C[C@H]2C(O)C3)cc(COc2cc3c(cc2OC)C(=O)N2c4ccccc4C[C@H]2CC3)c1.CNC(=O)CCCCC(=O)CCC(=O)NCC(=O)CCC(=O)Nc1cc(COc2cc3c(cc2C)C(=O)N2c4ccccc4C[C@H]2C=N3)cc(COc2cc3c(cc2OC)C(=O)N2c4ccccc4C[C@H]2CC3)c1. The third kappa shape index (κ3) is 24.2. The molecule has 8 heterocycles. The molecule has 18 rings (SSSR count). The number of fused-ring (bicyclic) bond motifs is 16. The molecule has 32 nitrogen and oxygen atoms in total. The molecule has 10 aromatic rings. The quantitative estimate of drug-likeness (QED) is 0.0175. The minimum Gasteiger partial charge on any atom is -0.493 e. The summed E-state index contributed by atoms with van der Waals surface area (Å²) in [5, 5.41) is 27.3. The highest BCUT2D eigenvalue weighted by Crippen LogP contribution is 2.47. The zero-order valence-corrected chi connectivity index (χ0v) is 83.1. The number of amides is 10. The molecule has 7 N–H and O–H groups in total. The maximum atomic E-state index is 14.1. The number of para-hydroxylation sites is 4. The van der Waals surface area contributed by atoms with Crippen LogP contribution in [-0.4, -0.2) is 165 Å². The Bertz CT molecular complexity index is 6910. The summed E-state index contributed by atoms with van der Waals surface area (Å²) >= 11 is 0. The monoisotopic (exact) mass is 1990 g/mol. The summed E-state index contributed by atoms with van der Waals surface area (Å²) < 4.78 is 37.4. The maximum absolute atomic E-state index is 14.1. The molecule has 0 saturated heterocycles. The fourth-order valence-electron chi connectivity index (χ4n) is 20.5. The van der Waals surface area contributed by atoms with Gasteiger partial charge in [0.15, 0.2) is 34.6 Å². The number of hydrogen-bond donors (Lipinski definition) is 7. The molecule has 32 heteroatoms. The molecule has 8 aliphatic rings. The highest BCUT2D eigenvalue weighted by molar-refractivity contribution is 6.16. The van der Waals surface area contributed by atoms with E-state index in [4.69, 9.17) is 33.4 Å². The van der Waals surface area contributed by atoms with E-state index in [9.17, 15) is 72.2 Å². The fraction of sp³-hybridized carbons (Fsp3) is 0.348. The summed E-state index contributed by atoms with van der Waals surface area (Å²) in [4.78, 5) is 193. The molecule has 8 aliphatic heterocycles. The lowest BCUT2D eigenvalue weighted by Crippen LogP contribution is -2.43. The Morgan fingerprint density at radius 2 is 0.728 bits per heavy atom. The van der Waals surface area contributed by atoms with E-state index >= 15 is 0 Å². The molecule has 0 fully saturated rings. The molecule has 5 atom stereocenters. The van der Waals surface area contributed by atoms with E-state index in [1.807, 2.05) is 157 Å². The van der Waals surface area contributed by atoms with Crippen LogP contribution in [0, 0.1) is 13.8 Å². The average Bonchev–Trinajstić information content (AvgIpc) is 1.66. The number of carbonyl (C=O) groups excluding carboxylic acids is 14. The molecule has 0 radical (unpaired) electrons. The van der Waals surface area contributed by atoms with Gasteiger partial charge in [0.2, 0.25) is 35.4 Å². The fourth-order valence-corrected chi connectivity index (χ4v) is 20.5. The number of benzene rings is 10. The number of aliphatic imine (C=N–C) groups is 1. The van der Waals surface area contributed by atoms with Crippen LogP contribution >= 0.6 is 0 Å². The summed E-state index contributed by atoms with van der Waals surface area (Å²) in [5.74, 6) is -0.877. The minimum atomic E-state index is -0.798. The molecule has 0 bridgehead atoms. The minimum absolute atomic E-state index is 0.0207. The van der Waals surface area contributed by atoms with E-state index in [1.165, 1.54) is 21.3 Å². The number of hydrogen-bond acceptors (Lipinski definition) is 22. The lowest BCUT2D eigenvalue weighted by molar-refractivity contribution is -0.128. The van der Waals surface area contributed by atoms with Crippen LogP contribution in [0.1, 0.15) is 216 Å². The number of rotatable bonds is 40. The number of nitrogens with zero attached hydrogens (tertiary/aromatic N) is 5. The average molecular weight is 1990 g/mol. The number of anilines is 6. The van der Waals surface area contributed by atoms with Crippen LogP contribution in [0.4, 0.5) is 39.8 Å². The van der Waals surface area contributed by atoms with Crippen LogP contribution in [-0.2, 0) is 119 Å². The summed E-state index contributed by atoms with van der Waals surface area (Å²) in [6.45, 7) is 3.38. The van der Waals surface area contributed by atoms with Gasteiger partial charge in [0.1, 0.15) is 49.5 Å². The highest BCUT2D eigenvalue weighted by Gasteiger charge is 2.45. The van der Waals surface area contributed by atoms with Crippen molar-refractivity contribution in [1.82, 2.24) is 21.3 Å². The summed E-state index contributed by atoms with van der Waals surface area (Å²) in [7, 11) is 6.10. The van der Waals surface area contributed by atoms with Gasteiger partial charge in [-0.05, 0) is 247 Å². The van der Waals surface area contributed by atoms with Crippen LogP contribution in [0.15, 0.2) is 187 Å². The van der Waals surface area contributed by atoms with Crippen LogP contribution in [0.3, 0.4) is 0 Å². The first-order valence-corrected chi connectivity index (χ1v) is 50.1. The van der Waals surface area contributed by atoms with Crippen molar-refractivity contribution >= 4 is 128 Å². The second kappa shape index (κ2) is 46.4. The number of carbonyl (C=O) groups is 14. The summed E-state index contributed by atoms with van der Waals surface area (Å²) in [5.41, 5.74) is 18.1. The molecule has 147 heavy (non-hydrogen) atoms. The second-order valence-electron chi connectivity index (χ2n) is 38.4. The van der Waals surface area contributed by atoms with E-state index in [1.54, 1.807) is 59.3 Å². The van der Waals surface area contributed by atoms with E-state index in [0.29, 0.717) is 147 Å². The van der Waals surface area contributed by atoms with E-state index in [2.05, 4.69) is 44.0 Å². The third-order valence-corrected chi connectivity index (χ3v) is 28.2. The molecule has 0 spiro atoms. The van der Waals surface area contributed by atoms with Crippen molar-refractivity contribution in [2.24, 2.45) is 4.99 Å². The van der Waals surface area contributed by atoms with Gasteiger partial charge in [-0.2, -0.15) is 0 Å². The number of aliphatic hydroxyl groups excluding tert-OH is 1. The van der Waals surface area contributed by atoms with Gasteiger partial charge < -0.3 is 80.1 Å². The van der Waals surface area contributed by atoms with E-state index in [-0.39, 0.29) is 199 Å². The summed E-state index contributed by atoms with van der Waals surface area (Å²) in [6, 6.07) is 56.5. The number of Topliss-reactive ketones (excluding diaryl/α,β-unsaturated/α-hetero) is 4. The number of nitrogens with one attached hydrogen (secondary N) is 6. The topological polar surface area (TPSA) is 412 Å². The number of unbranched alkanes of at least 4 members (excludes halogenated alkanes) is 1. The zero-order chi connectivity index (χ0) is 103. The smallest absolute Gasteiger partial charge is 0.261 e. The highest BCUT2D eigenvalue weighted by atomic mass is 16.5. The Morgan fingerprint density at radius 1 is 0.354 bits per heavy atom. The van der Waals surface area contributed by atoms with Crippen molar-refractivity contribution in [2.75, 3.05) is 71.6 Å². The van der Waals surface area contributed by atoms with Gasteiger partial charge in [-0.3, -0.25) is 77.0 Å². The Balaban J connectivity index is 0.000000201.